The summed E-state index contributed by atoms with van der Waals surface area (Å²) >= 11 is 11.6. The second-order valence-corrected chi connectivity index (χ2v) is 4.16. The van der Waals surface area contributed by atoms with Crippen molar-refractivity contribution in [2.75, 3.05) is 0 Å². The van der Waals surface area contributed by atoms with E-state index in [1.165, 1.54) is 0 Å². The lowest BCUT2D eigenvalue weighted by molar-refractivity contribution is 0.0696. The summed E-state index contributed by atoms with van der Waals surface area (Å²) in [6, 6.07) is 5.09. The first kappa shape index (κ1) is 11.2. The molecule has 0 unspecified atom stereocenters. The summed E-state index contributed by atoms with van der Waals surface area (Å²) in [6.45, 7) is 1.70. The normalized spacial score (nSPS) is 10.7. The minimum absolute atomic E-state index is 0.0141. The number of rotatable bonds is 1. The summed E-state index contributed by atoms with van der Waals surface area (Å²) in [6.07, 6.45) is 0. The van der Waals surface area contributed by atoms with Crippen molar-refractivity contribution in [1.82, 2.24) is 4.98 Å². The van der Waals surface area contributed by atoms with E-state index in [9.17, 15) is 4.79 Å². The smallest absolute Gasteiger partial charge is 0.339 e. The Morgan fingerprint density at radius 1 is 1.38 bits per heavy atom. The number of aryl methyl sites for hydroxylation is 1. The highest BCUT2D eigenvalue weighted by Gasteiger charge is 2.16. The lowest BCUT2D eigenvalue weighted by Crippen LogP contribution is -2.03. The SMILES string of the molecule is Cc1c(C(=O)O)c(Cl)nc2cc(Cl)ccc12. The third-order valence-electron chi connectivity index (χ3n) is 2.38. The van der Waals surface area contributed by atoms with Crippen molar-refractivity contribution in [2.24, 2.45) is 0 Å². The maximum atomic E-state index is 11.0. The first-order chi connectivity index (χ1) is 7.50. The number of aromatic carboxylic acids is 1. The van der Waals surface area contributed by atoms with Gasteiger partial charge in [-0.05, 0) is 24.6 Å². The third-order valence-corrected chi connectivity index (χ3v) is 2.89. The minimum atomic E-state index is -1.08. The second kappa shape index (κ2) is 3.92. The Balaban J connectivity index is 2.89. The van der Waals surface area contributed by atoms with Gasteiger partial charge in [-0.15, -0.1) is 0 Å². The van der Waals surface area contributed by atoms with E-state index in [2.05, 4.69) is 4.98 Å². The van der Waals surface area contributed by atoms with Crippen LogP contribution in [0.4, 0.5) is 0 Å². The highest BCUT2D eigenvalue weighted by atomic mass is 35.5. The van der Waals surface area contributed by atoms with E-state index in [-0.39, 0.29) is 10.7 Å². The molecule has 1 N–H and O–H groups in total. The van der Waals surface area contributed by atoms with Crippen LogP contribution in [0.2, 0.25) is 10.2 Å². The molecule has 0 fully saturated rings. The second-order valence-electron chi connectivity index (χ2n) is 3.37. The Hall–Kier alpha value is -1.32. The highest BCUT2D eigenvalue weighted by molar-refractivity contribution is 6.33. The first-order valence-electron chi connectivity index (χ1n) is 4.49. The van der Waals surface area contributed by atoms with Crippen molar-refractivity contribution in [1.29, 1.82) is 0 Å². The van der Waals surface area contributed by atoms with Crippen molar-refractivity contribution in [3.05, 3.63) is 39.5 Å². The largest absolute Gasteiger partial charge is 0.478 e. The van der Waals surface area contributed by atoms with Crippen molar-refractivity contribution in [3.63, 3.8) is 0 Å². The number of fused-ring (bicyclic) bond motifs is 1. The first-order valence-corrected chi connectivity index (χ1v) is 5.25. The number of carbonyl (C=O) groups is 1. The Morgan fingerprint density at radius 3 is 2.69 bits per heavy atom. The molecule has 2 aromatic rings. The summed E-state index contributed by atoms with van der Waals surface area (Å²) in [5.41, 5.74) is 1.23. The molecule has 0 saturated carbocycles. The fraction of sp³-hybridized carbons (Fsp3) is 0.0909. The van der Waals surface area contributed by atoms with Crippen LogP contribution >= 0.6 is 23.2 Å². The molecule has 0 saturated heterocycles. The molecule has 0 aliphatic rings. The average molecular weight is 256 g/mol. The molecule has 2 rings (SSSR count). The van der Waals surface area contributed by atoms with Gasteiger partial charge in [-0.3, -0.25) is 0 Å². The van der Waals surface area contributed by atoms with Crippen LogP contribution in [0, 0.1) is 6.92 Å². The molecule has 0 aliphatic heterocycles. The molecule has 82 valence electrons. The Bertz CT molecular complexity index is 596. The van der Waals surface area contributed by atoms with Crippen LogP contribution in [-0.4, -0.2) is 16.1 Å². The number of nitrogens with zero attached hydrogens (tertiary/aromatic N) is 1. The van der Waals surface area contributed by atoms with Crippen LogP contribution in [-0.2, 0) is 0 Å². The standard InChI is InChI=1S/C11H7Cl2NO2/c1-5-7-3-2-6(12)4-8(7)14-10(13)9(5)11(15)16/h2-4H,1H3,(H,15,16). The van der Waals surface area contributed by atoms with Gasteiger partial charge in [0.15, 0.2) is 0 Å². The van der Waals surface area contributed by atoms with E-state index in [0.717, 1.165) is 5.39 Å². The zero-order chi connectivity index (χ0) is 11.9. The van der Waals surface area contributed by atoms with Crippen molar-refractivity contribution < 1.29 is 9.90 Å². The van der Waals surface area contributed by atoms with Crippen molar-refractivity contribution >= 4 is 40.1 Å². The van der Waals surface area contributed by atoms with E-state index in [1.54, 1.807) is 25.1 Å². The van der Waals surface area contributed by atoms with Crippen LogP contribution in [0.3, 0.4) is 0 Å². The lowest BCUT2D eigenvalue weighted by atomic mass is 10.1. The van der Waals surface area contributed by atoms with Gasteiger partial charge < -0.3 is 5.11 Å². The summed E-state index contributed by atoms with van der Waals surface area (Å²) in [5, 5.41) is 10.3. The number of halogens is 2. The predicted molar refractivity (Wildman–Crippen MR) is 63.5 cm³/mol. The molecular weight excluding hydrogens is 249 g/mol. The molecule has 0 spiro atoms. The maximum Gasteiger partial charge on any atom is 0.339 e. The van der Waals surface area contributed by atoms with Crippen LogP contribution in [0.5, 0.6) is 0 Å². The Kier molecular flexibility index (Phi) is 2.74. The number of pyridine rings is 1. The molecule has 3 nitrogen and oxygen atoms in total. The molecule has 16 heavy (non-hydrogen) atoms. The van der Waals surface area contributed by atoms with Gasteiger partial charge in [0, 0.05) is 10.4 Å². The maximum absolute atomic E-state index is 11.0. The molecule has 0 amide bonds. The fourth-order valence-electron chi connectivity index (χ4n) is 1.61. The molecular formula is C11H7Cl2NO2. The van der Waals surface area contributed by atoms with Gasteiger partial charge in [0.05, 0.1) is 5.52 Å². The van der Waals surface area contributed by atoms with Gasteiger partial charge in [-0.2, -0.15) is 0 Å². The summed E-state index contributed by atoms with van der Waals surface area (Å²) in [5.74, 6) is -1.08. The topological polar surface area (TPSA) is 50.2 Å². The predicted octanol–water partition coefficient (Wildman–Crippen LogP) is 3.55. The van der Waals surface area contributed by atoms with E-state index < -0.39 is 5.97 Å². The van der Waals surface area contributed by atoms with Crippen molar-refractivity contribution in [2.45, 2.75) is 6.92 Å². The number of hydrogen-bond donors (Lipinski definition) is 1. The fourth-order valence-corrected chi connectivity index (χ4v) is 2.09. The van der Waals surface area contributed by atoms with Crippen molar-refractivity contribution in [3.8, 4) is 0 Å². The zero-order valence-electron chi connectivity index (χ0n) is 8.29. The van der Waals surface area contributed by atoms with Gasteiger partial charge in [0.2, 0.25) is 0 Å². The Labute approximate surface area is 102 Å². The number of benzene rings is 1. The number of aromatic nitrogens is 1. The van der Waals surface area contributed by atoms with E-state index >= 15 is 0 Å². The zero-order valence-corrected chi connectivity index (χ0v) is 9.80. The average Bonchev–Trinajstić information content (AvgIpc) is 2.15. The summed E-state index contributed by atoms with van der Waals surface area (Å²) < 4.78 is 0. The molecule has 0 radical (unpaired) electrons. The molecule has 1 aromatic heterocycles. The van der Waals surface area contributed by atoms with E-state index in [4.69, 9.17) is 28.3 Å². The number of hydrogen-bond acceptors (Lipinski definition) is 2. The molecule has 5 heteroatoms. The third kappa shape index (κ3) is 1.72. The van der Waals surface area contributed by atoms with Gasteiger partial charge in [0.25, 0.3) is 0 Å². The monoisotopic (exact) mass is 255 g/mol. The Morgan fingerprint density at radius 2 is 2.06 bits per heavy atom. The highest BCUT2D eigenvalue weighted by Crippen LogP contribution is 2.27. The van der Waals surface area contributed by atoms with Gasteiger partial charge in [-0.25, -0.2) is 9.78 Å². The molecule has 1 heterocycles. The molecule has 0 bridgehead atoms. The number of carboxylic acids is 1. The molecule has 0 aliphatic carbocycles. The van der Waals surface area contributed by atoms with Gasteiger partial charge >= 0.3 is 5.97 Å². The van der Waals surface area contributed by atoms with E-state index in [1.807, 2.05) is 0 Å². The molecule has 0 atom stereocenters. The quantitative estimate of drug-likeness (QED) is 0.793. The molecule has 1 aromatic carbocycles. The van der Waals surface area contributed by atoms with Crippen LogP contribution in [0.15, 0.2) is 18.2 Å². The minimum Gasteiger partial charge on any atom is -0.478 e. The van der Waals surface area contributed by atoms with E-state index in [0.29, 0.717) is 16.1 Å². The van der Waals surface area contributed by atoms with Gasteiger partial charge in [-0.1, -0.05) is 29.3 Å². The van der Waals surface area contributed by atoms with Crippen LogP contribution in [0.25, 0.3) is 10.9 Å². The number of carboxylic acid groups (broad SMARTS) is 1. The van der Waals surface area contributed by atoms with Gasteiger partial charge in [0.1, 0.15) is 10.7 Å². The summed E-state index contributed by atoms with van der Waals surface area (Å²) in [7, 11) is 0. The summed E-state index contributed by atoms with van der Waals surface area (Å²) in [4.78, 5) is 15.0. The lowest BCUT2D eigenvalue weighted by Gasteiger charge is -2.07. The van der Waals surface area contributed by atoms with Crippen LogP contribution < -0.4 is 0 Å². The van der Waals surface area contributed by atoms with Crippen LogP contribution in [0.1, 0.15) is 15.9 Å².